The molecule has 13 heavy (non-hydrogen) atoms. The Morgan fingerprint density at radius 1 is 1.62 bits per heavy atom. The number of hydrogen-bond donors (Lipinski definition) is 2. The van der Waals surface area contributed by atoms with Crippen molar-refractivity contribution in [1.29, 1.82) is 0 Å². The summed E-state index contributed by atoms with van der Waals surface area (Å²) in [6.07, 6.45) is 0.254. The lowest BCUT2D eigenvalue weighted by Crippen LogP contribution is -2.13. The molecule has 0 aromatic heterocycles. The molecule has 0 bridgehead atoms. The molecule has 2 N–H and O–H groups in total. The van der Waals surface area contributed by atoms with Crippen LogP contribution in [0, 0.1) is 0 Å². The molecule has 4 heteroatoms. The number of carbonyl (C=O) groups excluding carboxylic acids is 1. The lowest BCUT2D eigenvalue weighted by Gasteiger charge is -2.07. The maximum atomic E-state index is 10.8. The van der Waals surface area contributed by atoms with Crippen LogP contribution in [0.25, 0.3) is 0 Å². The predicted molar refractivity (Wildman–Crippen MR) is 48.1 cm³/mol. The molecule has 0 aliphatic carbocycles. The molecule has 0 rings (SSSR count). The number of esters is 1. The molecule has 0 aliphatic heterocycles. The van der Waals surface area contributed by atoms with Gasteiger partial charge in [-0.25, -0.2) is 4.79 Å². The highest BCUT2D eigenvalue weighted by molar-refractivity contribution is 5.86. The van der Waals surface area contributed by atoms with Crippen LogP contribution in [0.3, 0.4) is 0 Å². The van der Waals surface area contributed by atoms with Crippen molar-refractivity contribution < 1.29 is 19.7 Å². The van der Waals surface area contributed by atoms with E-state index in [0.717, 1.165) is 0 Å². The van der Waals surface area contributed by atoms with E-state index in [4.69, 9.17) is 14.9 Å². The Morgan fingerprint density at radius 3 is 2.69 bits per heavy atom. The zero-order chi connectivity index (χ0) is 10.3. The van der Waals surface area contributed by atoms with Gasteiger partial charge in [0.15, 0.2) is 0 Å². The van der Waals surface area contributed by atoms with Crippen LogP contribution < -0.4 is 0 Å². The summed E-state index contributed by atoms with van der Waals surface area (Å²) in [6.45, 7) is 4.99. The van der Waals surface area contributed by atoms with Gasteiger partial charge >= 0.3 is 5.97 Å². The normalized spacial score (nSPS) is 12.2. The first kappa shape index (κ1) is 12.1. The monoisotopic (exact) mass is 188 g/mol. The van der Waals surface area contributed by atoms with E-state index in [1.807, 2.05) is 0 Å². The van der Waals surface area contributed by atoms with Crippen molar-refractivity contribution in [2.24, 2.45) is 0 Å². The zero-order valence-electron chi connectivity index (χ0n) is 7.82. The first-order valence-electron chi connectivity index (χ1n) is 4.19. The van der Waals surface area contributed by atoms with Crippen molar-refractivity contribution >= 4 is 5.97 Å². The SMILES string of the molecule is C=C(C)C(=O)OCCCC(O)CO. The Morgan fingerprint density at radius 2 is 2.23 bits per heavy atom. The lowest BCUT2D eigenvalue weighted by molar-refractivity contribution is -0.139. The molecule has 1 unspecified atom stereocenters. The third-order valence-electron chi connectivity index (χ3n) is 1.47. The van der Waals surface area contributed by atoms with Gasteiger partial charge in [0, 0.05) is 5.57 Å². The van der Waals surface area contributed by atoms with Crippen LogP contribution in [-0.4, -0.2) is 35.5 Å². The molecule has 1 atom stereocenters. The molecule has 0 aliphatic rings. The van der Waals surface area contributed by atoms with E-state index in [2.05, 4.69) is 6.58 Å². The molecular formula is C9H16O4. The fourth-order valence-electron chi connectivity index (χ4n) is 0.698. The van der Waals surface area contributed by atoms with E-state index >= 15 is 0 Å². The Bertz CT molecular complexity index is 176. The molecule has 0 aromatic rings. The minimum absolute atomic E-state index is 0.253. The Kier molecular flexibility index (Phi) is 6.18. The van der Waals surface area contributed by atoms with Gasteiger partial charge in [-0.3, -0.25) is 0 Å². The van der Waals surface area contributed by atoms with E-state index in [1.54, 1.807) is 6.92 Å². The summed E-state index contributed by atoms with van der Waals surface area (Å²) >= 11 is 0. The van der Waals surface area contributed by atoms with Crippen LogP contribution >= 0.6 is 0 Å². The molecule has 4 nitrogen and oxygen atoms in total. The van der Waals surface area contributed by atoms with Gasteiger partial charge in [-0.05, 0) is 19.8 Å². The van der Waals surface area contributed by atoms with Crippen LogP contribution in [0.15, 0.2) is 12.2 Å². The molecule has 0 amide bonds. The minimum Gasteiger partial charge on any atom is -0.462 e. The summed E-state index contributed by atoms with van der Waals surface area (Å²) < 4.78 is 4.77. The summed E-state index contributed by atoms with van der Waals surface area (Å²) in [6, 6.07) is 0. The topological polar surface area (TPSA) is 66.8 Å². The second-order valence-electron chi connectivity index (χ2n) is 2.89. The Labute approximate surface area is 77.8 Å². The molecule has 0 aromatic carbocycles. The standard InChI is InChI=1S/C9H16O4/c1-7(2)9(12)13-5-3-4-8(11)6-10/h8,10-11H,1,3-6H2,2H3. The Balaban J connectivity index is 3.36. The highest BCUT2D eigenvalue weighted by Crippen LogP contribution is 1.98. The molecule has 0 radical (unpaired) electrons. The molecular weight excluding hydrogens is 172 g/mol. The summed E-state index contributed by atoms with van der Waals surface area (Å²) in [4.78, 5) is 10.8. The number of hydrogen-bond acceptors (Lipinski definition) is 4. The molecule has 0 heterocycles. The number of ether oxygens (including phenoxy) is 1. The van der Waals surface area contributed by atoms with Crippen LogP contribution in [0.2, 0.25) is 0 Å². The summed E-state index contributed by atoms with van der Waals surface area (Å²) in [7, 11) is 0. The van der Waals surface area contributed by atoms with E-state index in [9.17, 15) is 4.79 Å². The van der Waals surface area contributed by atoms with Crippen LogP contribution in [0.4, 0.5) is 0 Å². The van der Waals surface area contributed by atoms with Gasteiger partial charge in [0.05, 0.1) is 19.3 Å². The van der Waals surface area contributed by atoms with Crippen molar-refractivity contribution in [3.8, 4) is 0 Å². The molecule has 0 spiro atoms. The number of aliphatic hydroxyl groups is 2. The second kappa shape index (κ2) is 6.62. The lowest BCUT2D eigenvalue weighted by atomic mass is 10.2. The first-order chi connectivity index (χ1) is 6.07. The average Bonchev–Trinajstić information content (AvgIpc) is 2.11. The van der Waals surface area contributed by atoms with Crippen LogP contribution in [-0.2, 0) is 9.53 Å². The predicted octanol–water partition coefficient (Wildman–Crippen LogP) is 0.239. The van der Waals surface area contributed by atoms with E-state index in [0.29, 0.717) is 18.4 Å². The summed E-state index contributed by atoms with van der Waals surface area (Å²) in [5.74, 6) is -0.418. The zero-order valence-corrected chi connectivity index (χ0v) is 7.82. The highest BCUT2D eigenvalue weighted by atomic mass is 16.5. The van der Waals surface area contributed by atoms with Gasteiger partial charge in [-0.2, -0.15) is 0 Å². The van der Waals surface area contributed by atoms with Gasteiger partial charge in [0.2, 0.25) is 0 Å². The van der Waals surface area contributed by atoms with E-state index < -0.39 is 12.1 Å². The fourth-order valence-corrected chi connectivity index (χ4v) is 0.698. The quantitative estimate of drug-likeness (QED) is 0.356. The fraction of sp³-hybridized carbons (Fsp3) is 0.667. The smallest absolute Gasteiger partial charge is 0.333 e. The van der Waals surface area contributed by atoms with Crippen LogP contribution in [0.1, 0.15) is 19.8 Å². The average molecular weight is 188 g/mol. The third kappa shape index (κ3) is 6.31. The van der Waals surface area contributed by atoms with Gasteiger partial charge in [-0.15, -0.1) is 0 Å². The summed E-state index contributed by atoms with van der Waals surface area (Å²) in [5, 5.41) is 17.4. The second-order valence-corrected chi connectivity index (χ2v) is 2.89. The third-order valence-corrected chi connectivity index (χ3v) is 1.47. The van der Waals surface area contributed by atoms with Crippen LogP contribution in [0.5, 0.6) is 0 Å². The largest absolute Gasteiger partial charge is 0.462 e. The molecule has 0 fully saturated rings. The van der Waals surface area contributed by atoms with E-state index in [1.165, 1.54) is 0 Å². The van der Waals surface area contributed by atoms with Gasteiger partial charge in [0.25, 0.3) is 0 Å². The molecule has 0 saturated heterocycles. The number of aliphatic hydroxyl groups excluding tert-OH is 2. The van der Waals surface area contributed by atoms with Gasteiger partial charge < -0.3 is 14.9 Å². The van der Waals surface area contributed by atoms with Crippen molar-refractivity contribution in [3.63, 3.8) is 0 Å². The van der Waals surface area contributed by atoms with Crippen molar-refractivity contribution in [1.82, 2.24) is 0 Å². The molecule has 0 saturated carbocycles. The van der Waals surface area contributed by atoms with Crippen molar-refractivity contribution in [3.05, 3.63) is 12.2 Å². The summed E-state index contributed by atoms with van der Waals surface area (Å²) in [5.41, 5.74) is 0.364. The van der Waals surface area contributed by atoms with Crippen molar-refractivity contribution in [2.75, 3.05) is 13.2 Å². The minimum atomic E-state index is -0.719. The van der Waals surface area contributed by atoms with Crippen molar-refractivity contribution in [2.45, 2.75) is 25.9 Å². The van der Waals surface area contributed by atoms with E-state index in [-0.39, 0.29) is 13.2 Å². The highest BCUT2D eigenvalue weighted by Gasteiger charge is 2.04. The van der Waals surface area contributed by atoms with Gasteiger partial charge in [0.1, 0.15) is 0 Å². The number of rotatable bonds is 6. The first-order valence-corrected chi connectivity index (χ1v) is 4.19. The molecule has 76 valence electrons. The Hall–Kier alpha value is -0.870. The maximum absolute atomic E-state index is 10.8. The maximum Gasteiger partial charge on any atom is 0.333 e. The van der Waals surface area contributed by atoms with Gasteiger partial charge in [-0.1, -0.05) is 6.58 Å². The number of carbonyl (C=O) groups is 1.